The van der Waals surface area contributed by atoms with Crippen LogP contribution in [0.2, 0.25) is 0 Å². The van der Waals surface area contributed by atoms with Crippen molar-refractivity contribution in [3.63, 3.8) is 0 Å². The molecule has 0 bridgehead atoms. The van der Waals surface area contributed by atoms with E-state index in [2.05, 4.69) is 21.2 Å². The zero-order valence-electron chi connectivity index (χ0n) is 17.3. The van der Waals surface area contributed by atoms with E-state index in [0.717, 1.165) is 11.2 Å². The normalized spacial score (nSPS) is 18.8. The molecule has 1 atom stereocenters. The second-order valence-corrected chi connectivity index (χ2v) is 10.1. The maximum atomic E-state index is 13.0. The molecular formula is C21H22BrN3O5S. The van der Waals surface area contributed by atoms with Gasteiger partial charge in [0, 0.05) is 22.1 Å². The van der Waals surface area contributed by atoms with Crippen LogP contribution in [0.1, 0.15) is 29.8 Å². The number of anilines is 1. The topological polar surface area (TPSA) is 104 Å². The Balaban J connectivity index is 1.80. The minimum atomic E-state index is -3.44. The summed E-state index contributed by atoms with van der Waals surface area (Å²) >= 11 is 3.40. The Labute approximate surface area is 189 Å². The lowest BCUT2D eigenvalue weighted by atomic mass is 9.92. The maximum absolute atomic E-state index is 13.0. The number of hydrogen-bond acceptors (Lipinski definition) is 5. The number of benzene rings is 2. The average molecular weight is 508 g/mol. The summed E-state index contributed by atoms with van der Waals surface area (Å²) in [6.45, 7) is 3.13. The van der Waals surface area contributed by atoms with Gasteiger partial charge in [-0.2, -0.15) is 0 Å². The van der Waals surface area contributed by atoms with Crippen molar-refractivity contribution >= 4 is 49.4 Å². The molecule has 10 heteroatoms. The third-order valence-corrected chi connectivity index (χ3v) is 7.12. The lowest BCUT2D eigenvalue weighted by Gasteiger charge is -2.23. The van der Waals surface area contributed by atoms with Crippen LogP contribution in [-0.4, -0.2) is 50.4 Å². The smallest absolute Gasteiger partial charge is 0.319 e. The van der Waals surface area contributed by atoms with Crippen molar-refractivity contribution < 1.29 is 22.8 Å². The maximum Gasteiger partial charge on any atom is 0.325 e. The number of imide groups is 1. The van der Waals surface area contributed by atoms with Crippen molar-refractivity contribution in [1.29, 1.82) is 0 Å². The quantitative estimate of drug-likeness (QED) is 0.458. The Morgan fingerprint density at radius 1 is 1.13 bits per heavy atom. The van der Waals surface area contributed by atoms with Crippen molar-refractivity contribution in [2.75, 3.05) is 23.7 Å². The number of ketones is 1. The Bertz CT molecular complexity index is 1150. The van der Waals surface area contributed by atoms with Crippen molar-refractivity contribution in [3.8, 4) is 0 Å². The van der Waals surface area contributed by atoms with E-state index in [1.165, 1.54) is 28.6 Å². The van der Waals surface area contributed by atoms with Crippen LogP contribution in [0.5, 0.6) is 0 Å². The van der Waals surface area contributed by atoms with Crippen LogP contribution >= 0.6 is 15.9 Å². The second kappa shape index (κ2) is 8.43. The molecule has 0 saturated carbocycles. The third kappa shape index (κ3) is 4.35. The molecule has 3 amide bonds. The standard InChI is InChI=1S/C21H22BrN3O5S/c1-4-25(31(3,29)30)15-11-9-14(10-12-15)18(26)13-24-19(27)21(2,23-20(24)28)16-7-5-6-8-17(16)22/h5-12H,4,13H2,1-3H3,(H,23,28)/t21-/m0/s1. The van der Waals surface area contributed by atoms with Crippen LogP contribution in [0.15, 0.2) is 53.0 Å². The summed E-state index contributed by atoms with van der Waals surface area (Å²) in [5, 5.41) is 2.67. The minimum absolute atomic E-state index is 0.252. The molecule has 1 fully saturated rings. The highest BCUT2D eigenvalue weighted by molar-refractivity contribution is 9.10. The van der Waals surface area contributed by atoms with Crippen LogP contribution in [-0.2, 0) is 20.4 Å². The van der Waals surface area contributed by atoms with Gasteiger partial charge in [0.1, 0.15) is 5.54 Å². The molecular weight excluding hydrogens is 486 g/mol. The molecule has 2 aromatic rings. The van der Waals surface area contributed by atoms with Crippen molar-refractivity contribution in [2.45, 2.75) is 19.4 Å². The molecule has 1 saturated heterocycles. The molecule has 1 N–H and O–H groups in total. The molecule has 8 nitrogen and oxygen atoms in total. The summed E-state index contributed by atoms with van der Waals surface area (Å²) in [5.74, 6) is -0.961. The van der Waals surface area contributed by atoms with E-state index in [4.69, 9.17) is 0 Å². The molecule has 0 unspecified atom stereocenters. The number of sulfonamides is 1. The van der Waals surface area contributed by atoms with Crippen molar-refractivity contribution in [3.05, 3.63) is 64.1 Å². The molecule has 0 radical (unpaired) electrons. The second-order valence-electron chi connectivity index (χ2n) is 7.32. The van der Waals surface area contributed by atoms with E-state index < -0.39 is 39.8 Å². The highest BCUT2D eigenvalue weighted by Crippen LogP contribution is 2.33. The predicted octanol–water partition coefficient (Wildman–Crippen LogP) is 2.88. The van der Waals surface area contributed by atoms with E-state index in [9.17, 15) is 22.8 Å². The zero-order chi connectivity index (χ0) is 23.0. The average Bonchev–Trinajstić information content (AvgIpc) is 2.92. The number of Topliss-reactive ketones (excluding diaryl/α,β-unsaturated/α-hetero) is 1. The fraction of sp³-hybridized carbons (Fsp3) is 0.286. The molecule has 1 aliphatic rings. The summed E-state index contributed by atoms with van der Waals surface area (Å²) in [4.78, 5) is 39.2. The lowest BCUT2D eigenvalue weighted by molar-refractivity contribution is -0.130. The van der Waals surface area contributed by atoms with Gasteiger partial charge in [0.05, 0.1) is 18.5 Å². The highest BCUT2D eigenvalue weighted by atomic mass is 79.9. The fourth-order valence-corrected chi connectivity index (χ4v) is 5.20. The Hall–Kier alpha value is -2.72. The Morgan fingerprint density at radius 2 is 1.74 bits per heavy atom. The Morgan fingerprint density at radius 3 is 2.29 bits per heavy atom. The minimum Gasteiger partial charge on any atom is -0.319 e. The van der Waals surface area contributed by atoms with Crippen molar-refractivity contribution in [2.24, 2.45) is 0 Å². The monoisotopic (exact) mass is 507 g/mol. The SMILES string of the molecule is CCN(c1ccc(C(=O)CN2C(=O)N[C@@](C)(c3ccccc3Br)C2=O)cc1)S(C)(=O)=O. The van der Waals surface area contributed by atoms with E-state index in [-0.39, 0.29) is 12.1 Å². The first-order valence-electron chi connectivity index (χ1n) is 9.49. The van der Waals surface area contributed by atoms with Gasteiger partial charge in [-0.1, -0.05) is 34.1 Å². The van der Waals surface area contributed by atoms with Crippen LogP contribution in [0, 0.1) is 0 Å². The lowest BCUT2D eigenvalue weighted by Crippen LogP contribution is -2.41. The number of carbonyl (C=O) groups excluding carboxylic acids is 3. The molecule has 3 rings (SSSR count). The molecule has 31 heavy (non-hydrogen) atoms. The summed E-state index contributed by atoms with van der Waals surface area (Å²) in [6.07, 6.45) is 1.11. The largest absolute Gasteiger partial charge is 0.325 e. The van der Waals surface area contributed by atoms with Crippen LogP contribution in [0.4, 0.5) is 10.5 Å². The molecule has 164 valence electrons. The number of nitrogens with one attached hydrogen (secondary N) is 1. The van der Waals surface area contributed by atoms with E-state index in [1.54, 1.807) is 38.1 Å². The number of urea groups is 1. The van der Waals surface area contributed by atoms with Gasteiger partial charge >= 0.3 is 6.03 Å². The third-order valence-electron chi connectivity index (χ3n) is 5.15. The summed E-state index contributed by atoms with van der Waals surface area (Å²) in [5.41, 5.74) is -0.00663. The first-order valence-corrected chi connectivity index (χ1v) is 12.1. The van der Waals surface area contributed by atoms with Gasteiger partial charge in [0.2, 0.25) is 10.0 Å². The Kier molecular flexibility index (Phi) is 6.24. The van der Waals surface area contributed by atoms with E-state index in [0.29, 0.717) is 15.7 Å². The van der Waals surface area contributed by atoms with Crippen LogP contribution in [0.25, 0.3) is 0 Å². The number of hydrogen-bond donors (Lipinski definition) is 1. The van der Waals surface area contributed by atoms with Crippen molar-refractivity contribution in [1.82, 2.24) is 10.2 Å². The summed E-state index contributed by atoms with van der Waals surface area (Å²) in [6, 6.07) is 12.4. The first-order chi connectivity index (χ1) is 14.5. The fourth-order valence-electron chi connectivity index (χ4n) is 3.55. The van der Waals surface area contributed by atoms with Gasteiger partial charge in [-0.3, -0.25) is 18.8 Å². The molecule has 1 heterocycles. The van der Waals surface area contributed by atoms with Gasteiger partial charge in [-0.05, 0) is 44.2 Å². The summed E-state index contributed by atoms with van der Waals surface area (Å²) < 4.78 is 25.6. The van der Waals surface area contributed by atoms with Crippen LogP contribution in [0.3, 0.4) is 0 Å². The van der Waals surface area contributed by atoms with Gasteiger partial charge in [-0.25, -0.2) is 13.2 Å². The predicted molar refractivity (Wildman–Crippen MR) is 120 cm³/mol. The summed E-state index contributed by atoms with van der Waals surface area (Å²) in [7, 11) is -3.44. The molecule has 0 aromatic heterocycles. The van der Waals surface area contributed by atoms with Crippen LogP contribution < -0.4 is 9.62 Å². The molecule has 0 aliphatic carbocycles. The highest BCUT2D eigenvalue weighted by Gasteiger charge is 2.50. The number of nitrogens with zero attached hydrogens (tertiary/aromatic N) is 2. The van der Waals surface area contributed by atoms with Gasteiger partial charge in [0.15, 0.2) is 5.78 Å². The number of amides is 3. The first kappa shape index (κ1) is 23.0. The van der Waals surface area contributed by atoms with Gasteiger partial charge < -0.3 is 5.32 Å². The number of carbonyl (C=O) groups is 3. The molecule has 2 aromatic carbocycles. The van der Waals surface area contributed by atoms with E-state index in [1.807, 2.05) is 0 Å². The number of halogens is 1. The van der Waals surface area contributed by atoms with Gasteiger partial charge in [0.25, 0.3) is 5.91 Å². The number of rotatable bonds is 7. The molecule has 1 aliphatic heterocycles. The van der Waals surface area contributed by atoms with Gasteiger partial charge in [-0.15, -0.1) is 0 Å². The zero-order valence-corrected chi connectivity index (χ0v) is 19.7. The molecule has 0 spiro atoms. The van der Waals surface area contributed by atoms with E-state index >= 15 is 0 Å².